The van der Waals surface area contributed by atoms with Crippen molar-refractivity contribution >= 4 is 5.91 Å². The van der Waals surface area contributed by atoms with Crippen molar-refractivity contribution in [3.05, 3.63) is 0 Å². The summed E-state index contributed by atoms with van der Waals surface area (Å²) in [5.74, 6) is 0.184. The van der Waals surface area contributed by atoms with Crippen LogP contribution >= 0.6 is 0 Å². The summed E-state index contributed by atoms with van der Waals surface area (Å²) in [4.78, 5) is 11.4. The highest BCUT2D eigenvalue weighted by Crippen LogP contribution is 2.00. The van der Waals surface area contributed by atoms with E-state index in [1.807, 2.05) is 7.05 Å². The molecule has 0 aromatic carbocycles. The number of amides is 1. The molecule has 14 heavy (non-hydrogen) atoms. The third-order valence-electron chi connectivity index (χ3n) is 2.23. The molecule has 0 radical (unpaired) electrons. The van der Waals surface area contributed by atoms with Crippen molar-refractivity contribution in [1.82, 2.24) is 10.6 Å². The second-order valence-corrected chi connectivity index (χ2v) is 3.82. The monoisotopic (exact) mass is 200 g/mol. The van der Waals surface area contributed by atoms with Crippen molar-refractivity contribution in [2.75, 3.05) is 13.6 Å². The molecule has 3 heteroatoms. The van der Waals surface area contributed by atoms with Crippen LogP contribution in [0.4, 0.5) is 0 Å². The summed E-state index contributed by atoms with van der Waals surface area (Å²) in [6.07, 6.45) is 5.03. The van der Waals surface area contributed by atoms with Gasteiger partial charge in [-0.2, -0.15) is 0 Å². The first-order valence-corrected chi connectivity index (χ1v) is 5.64. The van der Waals surface area contributed by atoms with Gasteiger partial charge in [0, 0.05) is 12.5 Å². The molecular weight excluding hydrogens is 176 g/mol. The average molecular weight is 200 g/mol. The Kier molecular flexibility index (Phi) is 8.64. The predicted molar refractivity (Wildman–Crippen MR) is 60.3 cm³/mol. The Hall–Kier alpha value is -0.570. The summed E-state index contributed by atoms with van der Waals surface area (Å²) >= 11 is 0. The van der Waals surface area contributed by atoms with Gasteiger partial charge in [0.2, 0.25) is 5.91 Å². The Morgan fingerprint density at radius 2 is 2.07 bits per heavy atom. The number of unbranched alkanes of at least 4 members (excludes halogenated alkanes) is 1. The summed E-state index contributed by atoms with van der Waals surface area (Å²) in [7, 11) is 1.90. The van der Waals surface area contributed by atoms with Crippen LogP contribution in [-0.2, 0) is 4.79 Å². The van der Waals surface area contributed by atoms with Gasteiger partial charge < -0.3 is 10.6 Å². The summed E-state index contributed by atoms with van der Waals surface area (Å²) in [5.41, 5.74) is 0. The molecule has 0 bridgehead atoms. The number of hydrogen-bond donors (Lipinski definition) is 2. The van der Waals surface area contributed by atoms with Gasteiger partial charge in [0.1, 0.15) is 0 Å². The van der Waals surface area contributed by atoms with Crippen LogP contribution < -0.4 is 10.6 Å². The topological polar surface area (TPSA) is 41.1 Å². The lowest BCUT2D eigenvalue weighted by molar-refractivity contribution is -0.121. The second-order valence-electron chi connectivity index (χ2n) is 3.82. The highest BCUT2D eigenvalue weighted by Gasteiger charge is 2.05. The van der Waals surface area contributed by atoms with Gasteiger partial charge in [0.05, 0.1) is 0 Å². The maximum absolute atomic E-state index is 11.4. The molecule has 84 valence electrons. The highest BCUT2D eigenvalue weighted by molar-refractivity contribution is 5.76. The average Bonchev–Trinajstić information content (AvgIpc) is 2.15. The van der Waals surface area contributed by atoms with Gasteiger partial charge in [-0.1, -0.05) is 19.8 Å². The molecule has 0 aromatic rings. The molecule has 1 amide bonds. The minimum Gasteiger partial charge on any atom is -0.354 e. The van der Waals surface area contributed by atoms with Crippen LogP contribution in [0.15, 0.2) is 0 Å². The first kappa shape index (κ1) is 13.4. The quantitative estimate of drug-likeness (QED) is 0.585. The minimum absolute atomic E-state index is 0.184. The van der Waals surface area contributed by atoms with Gasteiger partial charge in [-0.05, 0) is 33.4 Å². The van der Waals surface area contributed by atoms with Gasteiger partial charge in [-0.15, -0.1) is 0 Å². The van der Waals surface area contributed by atoms with E-state index in [1.165, 1.54) is 12.8 Å². The van der Waals surface area contributed by atoms with E-state index in [9.17, 15) is 4.79 Å². The zero-order valence-corrected chi connectivity index (χ0v) is 9.73. The summed E-state index contributed by atoms with van der Waals surface area (Å²) in [5, 5.41) is 6.04. The van der Waals surface area contributed by atoms with Crippen molar-refractivity contribution in [3.8, 4) is 0 Å². The molecule has 1 unspecified atom stereocenters. The molecule has 0 aliphatic carbocycles. The fourth-order valence-electron chi connectivity index (χ4n) is 1.36. The largest absolute Gasteiger partial charge is 0.354 e. The molecule has 0 saturated heterocycles. The molecule has 0 aromatic heterocycles. The van der Waals surface area contributed by atoms with Crippen molar-refractivity contribution in [2.24, 2.45) is 0 Å². The summed E-state index contributed by atoms with van der Waals surface area (Å²) < 4.78 is 0. The fourth-order valence-corrected chi connectivity index (χ4v) is 1.36. The first-order chi connectivity index (χ1) is 6.70. The van der Waals surface area contributed by atoms with Gasteiger partial charge in [0.25, 0.3) is 0 Å². The lowest BCUT2D eigenvalue weighted by Crippen LogP contribution is -2.32. The molecule has 2 N–H and O–H groups in total. The number of nitrogens with one attached hydrogen (secondary N) is 2. The standard InChI is InChI=1S/C11H24N2O/c1-4-5-7-10(2)13-11(14)8-6-9-12-3/h10,12H,4-9H2,1-3H3,(H,13,14). The second kappa shape index (κ2) is 9.00. The Balaban J connectivity index is 3.40. The smallest absolute Gasteiger partial charge is 0.220 e. The Morgan fingerprint density at radius 3 is 2.64 bits per heavy atom. The third-order valence-corrected chi connectivity index (χ3v) is 2.23. The van der Waals surface area contributed by atoms with Crippen LogP contribution in [0.2, 0.25) is 0 Å². The third kappa shape index (κ3) is 8.05. The van der Waals surface area contributed by atoms with E-state index >= 15 is 0 Å². The minimum atomic E-state index is 0.184. The summed E-state index contributed by atoms with van der Waals surface area (Å²) in [6.45, 7) is 5.16. The van der Waals surface area contributed by atoms with E-state index < -0.39 is 0 Å². The van der Waals surface area contributed by atoms with Crippen LogP contribution in [-0.4, -0.2) is 25.5 Å². The molecule has 0 rings (SSSR count). The van der Waals surface area contributed by atoms with Crippen LogP contribution in [0.5, 0.6) is 0 Å². The number of hydrogen-bond acceptors (Lipinski definition) is 2. The van der Waals surface area contributed by atoms with Crippen LogP contribution in [0, 0.1) is 0 Å². The van der Waals surface area contributed by atoms with E-state index in [0.717, 1.165) is 19.4 Å². The lowest BCUT2D eigenvalue weighted by Gasteiger charge is -2.13. The molecule has 0 aliphatic rings. The molecule has 0 heterocycles. The normalized spacial score (nSPS) is 12.5. The summed E-state index contributed by atoms with van der Waals surface area (Å²) in [6, 6.07) is 0.331. The number of carbonyl (C=O) groups excluding carboxylic acids is 1. The maximum Gasteiger partial charge on any atom is 0.220 e. The van der Waals surface area contributed by atoms with Crippen molar-refractivity contribution in [2.45, 2.75) is 52.0 Å². The van der Waals surface area contributed by atoms with Crippen LogP contribution in [0.25, 0.3) is 0 Å². The van der Waals surface area contributed by atoms with E-state index in [1.54, 1.807) is 0 Å². The Bertz CT molecular complexity index is 148. The highest BCUT2D eigenvalue weighted by atomic mass is 16.1. The van der Waals surface area contributed by atoms with Crippen molar-refractivity contribution < 1.29 is 4.79 Å². The Labute approximate surface area is 87.6 Å². The molecule has 0 fully saturated rings. The van der Waals surface area contributed by atoms with E-state index in [0.29, 0.717) is 12.5 Å². The van der Waals surface area contributed by atoms with Gasteiger partial charge >= 0.3 is 0 Å². The zero-order valence-electron chi connectivity index (χ0n) is 9.73. The molecule has 0 aliphatic heterocycles. The first-order valence-electron chi connectivity index (χ1n) is 5.64. The van der Waals surface area contributed by atoms with E-state index in [4.69, 9.17) is 0 Å². The molecule has 3 nitrogen and oxygen atoms in total. The number of carbonyl (C=O) groups is 1. The SMILES string of the molecule is CCCCC(C)NC(=O)CCCNC. The van der Waals surface area contributed by atoms with Crippen LogP contribution in [0.1, 0.15) is 46.0 Å². The van der Waals surface area contributed by atoms with Gasteiger partial charge in [0.15, 0.2) is 0 Å². The predicted octanol–water partition coefficient (Wildman–Crippen LogP) is 1.68. The Morgan fingerprint density at radius 1 is 1.36 bits per heavy atom. The molecule has 0 spiro atoms. The number of rotatable bonds is 8. The van der Waals surface area contributed by atoms with E-state index in [2.05, 4.69) is 24.5 Å². The molecule has 1 atom stereocenters. The van der Waals surface area contributed by atoms with Crippen molar-refractivity contribution in [3.63, 3.8) is 0 Å². The van der Waals surface area contributed by atoms with E-state index in [-0.39, 0.29) is 5.91 Å². The van der Waals surface area contributed by atoms with Gasteiger partial charge in [-0.3, -0.25) is 4.79 Å². The zero-order chi connectivity index (χ0) is 10.8. The molecular formula is C11H24N2O. The van der Waals surface area contributed by atoms with Crippen LogP contribution in [0.3, 0.4) is 0 Å². The fraction of sp³-hybridized carbons (Fsp3) is 0.909. The molecule has 0 saturated carbocycles. The van der Waals surface area contributed by atoms with Crippen molar-refractivity contribution in [1.29, 1.82) is 0 Å². The lowest BCUT2D eigenvalue weighted by atomic mass is 10.1. The maximum atomic E-state index is 11.4. The van der Waals surface area contributed by atoms with Gasteiger partial charge in [-0.25, -0.2) is 0 Å².